The first-order chi connectivity index (χ1) is 12.9. The molecule has 0 radical (unpaired) electrons. The van der Waals surface area contributed by atoms with Gasteiger partial charge in [0, 0.05) is 48.3 Å². The van der Waals surface area contributed by atoms with Crippen LogP contribution < -0.4 is 0 Å². The molecule has 4 nitrogen and oxygen atoms in total. The molecule has 0 fully saturated rings. The number of aromatic nitrogens is 1. The van der Waals surface area contributed by atoms with Gasteiger partial charge in [0.2, 0.25) is 0 Å². The van der Waals surface area contributed by atoms with Crippen LogP contribution in [0.2, 0.25) is 0 Å². The highest BCUT2D eigenvalue weighted by molar-refractivity contribution is 7.79. The number of carbonyl (C=O) groups excluding carboxylic acids is 1. The molecule has 1 heterocycles. The molecule has 1 aromatic heterocycles. The van der Waals surface area contributed by atoms with Crippen LogP contribution >= 0.6 is 12.6 Å². The van der Waals surface area contributed by atoms with Crippen LogP contribution in [0.4, 0.5) is 0 Å². The molecule has 0 bridgehead atoms. The van der Waals surface area contributed by atoms with Gasteiger partial charge in [-0.1, -0.05) is 35.5 Å². The Bertz CT molecular complexity index is 1030. The second kappa shape index (κ2) is 8.01. The summed E-state index contributed by atoms with van der Waals surface area (Å²) in [6.07, 6.45) is 0.588. The van der Waals surface area contributed by atoms with Crippen molar-refractivity contribution in [3.8, 4) is 0 Å². The molecule has 0 amide bonds. The highest BCUT2D eigenvalue weighted by Crippen LogP contribution is 2.29. The molecule has 0 saturated carbocycles. The lowest BCUT2D eigenvalue weighted by Gasteiger charge is -2.10. The first-order valence-electron chi connectivity index (χ1n) is 8.90. The zero-order valence-corrected chi connectivity index (χ0v) is 17.0. The normalized spacial score (nSPS) is 11.8. The van der Waals surface area contributed by atoms with Crippen molar-refractivity contribution in [2.45, 2.75) is 32.9 Å². The molecule has 0 aliphatic heterocycles. The van der Waals surface area contributed by atoms with Gasteiger partial charge in [-0.2, -0.15) is 12.6 Å². The zero-order valence-electron chi connectivity index (χ0n) is 16.1. The van der Waals surface area contributed by atoms with E-state index in [-0.39, 0.29) is 0 Å². The SMILES string of the molecule is CC(=O)O/N=C(\Cc1ccccc1C)c1c(C)n(C)c2ccc(CS)cc12. The third-order valence-corrected chi connectivity index (χ3v) is 5.30. The van der Waals surface area contributed by atoms with Gasteiger partial charge in [0.05, 0.1) is 5.71 Å². The molecule has 0 N–H and O–H groups in total. The van der Waals surface area contributed by atoms with Crippen LogP contribution in [-0.4, -0.2) is 16.2 Å². The van der Waals surface area contributed by atoms with Gasteiger partial charge in [-0.3, -0.25) is 0 Å². The van der Waals surface area contributed by atoms with Crippen LogP contribution in [0.1, 0.15) is 34.9 Å². The van der Waals surface area contributed by atoms with Gasteiger partial charge in [0.1, 0.15) is 0 Å². The van der Waals surface area contributed by atoms with E-state index in [0.717, 1.165) is 39.0 Å². The monoisotopic (exact) mass is 380 g/mol. The summed E-state index contributed by atoms with van der Waals surface area (Å²) in [6.45, 7) is 5.51. The molecule has 2 aromatic carbocycles. The molecule has 0 atom stereocenters. The molecular formula is C22H24N2O2S. The van der Waals surface area contributed by atoms with Gasteiger partial charge in [0.15, 0.2) is 0 Å². The van der Waals surface area contributed by atoms with Crippen molar-refractivity contribution in [3.63, 3.8) is 0 Å². The number of thiol groups is 1. The molecule has 3 rings (SSSR count). The fourth-order valence-corrected chi connectivity index (χ4v) is 3.55. The van der Waals surface area contributed by atoms with Gasteiger partial charge in [0.25, 0.3) is 0 Å². The van der Waals surface area contributed by atoms with E-state index in [9.17, 15) is 4.79 Å². The van der Waals surface area contributed by atoms with Crippen molar-refractivity contribution in [1.29, 1.82) is 0 Å². The Morgan fingerprint density at radius 3 is 2.59 bits per heavy atom. The second-order valence-corrected chi connectivity index (χ2v) is 7.07. The van der Waals surface area contributed by atoms with Crippen molar-refractivity contribution in [1.82, 2.24) is 4.57 Å². The molecular weight excluding hydrogens is 356 g/mol. The number of oxime groups is 1. The molecule has 5 heteroatoms. The summed E-state index contributed by atoms with van der Waals surface area (Å²) in [5.41, 5.74) is 7.45. The summed E-state index contributed by atoms with van der Waals surface area (Å²) >= 11 is 4.41. The average molecular weight is 381 g/mol. The highest BCUT2D eigenvalue weighted by atomic mass is 32.1. The smallest absolute Gasteiger partial charge is 0.331 e. The summed E-state index contributed by atoms with van der Waals surface area (Å²) in [5.74, 6) is 0.239. The number of fused-ring (bicyclic) bond motifs is 1. The number of hydrogen-bond acceptors (Lipinski definition) is 4. The maximum absolute atomic E-state index is 11.4. The van der Waals surface area contributed by atoms with Crippen LogP contribution in [0.15, 0.2) is 47.6 Å². The van der Waals surface area contributed by atoms with E-state index in [0.29, 0.717) is 12.2 Å². The number of rotatable bonds is 5. The minimum Gasteiger partial charge on any atom is -0.347 e. The highest BCUT2D eigenvalue weighted by Gasteiger charge is 2.19. The molecule has 0 unspecified atom stereocenters. The van der Waals surface area contributed by atoms with Crippen LogP contribution in [0.3, 0.4) is 0 Å². The fraction of sp³-hybridized carbons (Fsp3) is 0.273. The Balaban J connectivity index is 2.20. The summed E-state index contributed by atoms with van der Waals surface area (Å²) in [6, 6.07) is 14.5. The van der Waals surface area contributed by atoms with E-state index in [2.05, 4.69) is 66.5 Å². The number of hydrogen-bond donors (Lipinski definition) is 1. The predicted octanol–water partition coefficient (Wildman–Crippen LogP) is 4.73. The van der Waals surface area contributed by atoms with E-state index in [4.69, 9.17) is 4.84 Å². The van der Waals surface area contributed by atoms with E-state index in [1.807, 2.05) is 19.2 Å². The average Bonchev–Trinajstić information content (AvgIpc) is 2.90. The number of nitrogens with zero attached hydrogens (tertiary/aromatic N) is 2. The molecule has 3 aromatic rings. The quantitative estimate of drug-likeness (QED) is 0.301. The molecule has 0 saturated heterocycles. The van der Waals surface area contributed by atoms with Gasteiger partial charge in [-0.05, 0) is 42.7 Å². The molecule has 0 aliphatic rings. The van der Waals surface area contributed by atoms with Crippen LogP contribution in [-0.2, 0) is 28.9 Å². The summed E-state index contributed by atoms with van der Waals surface area (Å²) in [4.78, 5) is 16.5. The standard InChI is InChI=1S/C22H24N2O2S/c1-14-7-5-6-8-18(14)12-20(23-26-16(3)25)22-15(2)24(4)21-10-9-17(13-27)11-19(21)22/h5-11,27H,12-13H2,1-4H3/b23-20+. The fourth-order valence-electron chi connectivity index (χ4n) is 3.36. The Morgan fingerprint density at radius 2 is 1.93 bits per heavy atom. The minimum atomic E-state index is -0.425. The van der Waals surface area contributed by atoms with Crippen molar-refractivity contribution in [3.05, 3.63) is 70.4 Å². The lowest BCUT2D eigenvalue weighted by atomic mass is 9.96. The second-order valence-electron chi connectivity index (χ2n) is 6.75. The van der Waals surface area contributed by atoms with Gasteiger partial charge < -0.3 is 9.40 Å². The topological polar surface area (TPSA) is 43.6 Å². The summed E-state index contributed by atoms with van der Waals surface area (Å²) < 4.78 is 2.15. The number of benzene rings is 2. The molecule has 140 valence electrons. The van der Waals surface area contributed by atoms with Crippen molar-refractivity contribution >= 4 is 35.2 Å². The van der Waals surface area contributed by atoms with Crippen molar-refractivity contribution < 1.29 is 9.63 Å². The maximum Gasteiger partial charge on any atom is 0.331 e. The molecule has 27 heavy (non-hydrogen) atoms. The first kappa shape index (κ1) is 19.2. The van der Waals surface area contributed by atoms with E-state index in [1.54, 1.807) is 0 Å². The van der Waals surface area contributed by atoms with E-state index in [1.165, 1.54) is 12.5 Å². The minimum absolute atomic E-state index is 0.425. The Morgan fingerprint density at radius 1 is 1.19 bits per heavy atom. The largest absolute Gasteiger partial charge is 0.347 e. The molecule has 0 spiro atoms. The lowest BCUT2D eigenvalue weighted by molar-refractivity contribution is -0.140. The van der Waals surface area contributed by atoms with Crippen LogP contribution in [0, 0.1) is 13.8 Å². The summed E-state index contributed by atoms with van der Waals surface area (Å²) in [5, 5.41) is 5.34. The third kappa shape index (κ3) is 3.93. The Kier molecular flexibility index (Phi) is 5.71. The first-order valence-corrected chi connectivity index (χ1v) is 9.53. The Hall–Kier alpha value is -2.53. The summed E-state index contributed by atoms with van der Waals surface area (Å²) in [7, 11) is 2.04. The Labute approximate surface area is 165 Å². The number of carbonyl (C=O) groups is 1. The van der Waals surface area contributed by atoms with Crippen LogP contribution in [0.5, 0.6) is 0 Å². The lowest BCUT2D eigenvalue weighted by Crippen LogP contribution is -2.10. The van der Waals surface area contributed by atoms with E-state index < -0.39 is 5.97 Å². The number of aryl methyl sites for hydroxylation is 2. The van der Waals surface area contributed by atoms with Crippen LogP contribution in [0.25, 0.3) is 10.9 Å². The predicted molar refractivity (Wildman–Crippen MR) is 114 cm³/mol. The zero-order chi connectivity index (χ0) is 19.6. The third-order valence-electron chi connectivity index (χ3n) is 4.93. The maximum atomic E-state index is 11.4. The van der Waals surface area contributed by atoms with Gasteiger partial charge in [-0.15, -0.1) is 0 Å². The van der Waals surface area contributed by atoms with Crippen molar-refractivity contribution in [2.75, 3.05) is 0 Å². The van der Waals surface area contributed by atoms with Crippen molar-refractivity contribution in [2.24, 2.45) is 12.2 Å². The van der Waals surface area contributed by atoms with Gasteiger partial charge >= 0.3 is 5.97 Å². The molecule has 0 aliphatic carbocycles. The van der Waals surface area contributed by atoms with Gasteiger partial charge in [-0.25, -0.2) is 4.79 Å². The van der Waals surface area contributed by atoms with E-state index >= 15 is 0 Å².